The lowest BCUT2D eigenvalue weighted by atomic mass is 10.0. The van der Waals surface area contributed by atoms with Crippen molar-refractivity contribution in [1.82, 2.24) is 20.1 Å². The van der Waals surface area contributed by atoms with Crippen LogP contribution in [0.3, 0.4) is 0 Å². The van der Waals surface area contributed by atoms with Crippen molar-refractivity contribution in [3.05, 3.63) is 36.5 Å². The normalized spacial score (nSPS) is 12.3. The highest BCUT2D eigenvalue weighted by molar-refractivity contribution is 14.0. The first-order valence-electron chi connectivity index (χ1n) is 8.60. The predicted octanol–water partition coefficient (Wildman–Crippen LogP) is 3.15. The minimum absolute atomic E-state index is 0. The van der Waals surface area contributed by atoms with Gasteiger partial charge in [-0.15, -0.1) is 24.0 Å². The zero-order valence-corrected chi connectivity index (χ0v) is 18.4. The molecule has 0 amide bonds. The van der Waals surface area contributed by atoms with Crippen LogP contribution in [0.25, 0.3) is 10.9 Å². The van der Waals surface area contributed by atoms with Gasteiger partial charge in [-0.05, 0) is 51.9 Å². The van der Waals surface area contributed by atoms with Crippen molar-refractivity contribution in [2.45, 2.75) is 32.4 Å². The third kappa shape index (κ3) is 6.18. The van der Waals surface area contributed by atoms with E-state index in [0.29, 0.717) is 0 Å². The Hall–Kier alpha value is -1.28. The van der Waals surface area contributed by atoms with Gasteiger partial charge in [-0.3, -0.25) is 4.99 Å². The number of nitrogens with one attached hydrogen (secondary N) is 2. The molecule has 0 saturated carbocycles. The lowest BCUT2D eigenvalue weighted by Crippen LogP contribution is -2.50. The van der Waals surface area contributed by atoms with E-state index in [2.05, 4.69) is 89.6 Å². The summed E-state index contributed by atoms with van der Waals surface area (Å²) in [6.45, 7) is 7.17. The second-order valence-electron chi connectivity index (χ2n) is 6.98. The summed E-state index contributed by atoms with van der Waals surface area (Å²) in [5.74, 6) is 0.863. The molecule has 2 aromatic rings. The van der Waals surface area contributed by atoms with E-state index in [0.717, 1.165) is 32.0 Å². The van der Waals surface area contributed by atoms with E-state index in [-0.39, 0.29) is 29.5 Å². The van der Waals surface area contributed by atoms with E-state index in [1.54, 1.807) is 0 Å². The van der Waals surface area contributed by atoms with Gasteiger partial charge in [0.25, 0.3) is 0 Å². The van der Waals surface area contributed by atoms with Crippen molar-refractivity contribution < 1.29 is 0 Å². The molecule has 0 aliphatic carbocycles. The smallest absolute Gasteiger partial charge is 0.191 e. The summed E-state index contributed by atoms with van der Waals surface area (Å²) in [5.41, 5.74) is 1.38. The van der Waals surface area contributed by atoms with Crippen molar-refractivity contribution in [2.24, 2.45) is 4.99 Å². The second-order valence-corrected chi connectivity index (χ2v) is 6.98. The molecule has 1 aromatic carbocycles. The largest absolute Gasteiger partial charge is 0.356 e. The van der Waals surface area contributed by atoms with Crippen LogP contribution in [-0.4, -0.2) is 55.2 Å². The number of aromatic nitrogens is 1. The average Bonchev–Trinajstić information content (AvgIpc) is 2.97. The van der Waals surface area contributed by atoms with Gasteiger partial charge in [-0.1, -0.05) is 18.2 Å². The summed E-state index contributed by atoms with van der Waals surface area (Å²) in [4.78, 5) is 6.52. The molecular formula is C19H32IN5. The number of aryl methyl sites for hydroxylation is 1. The topological polar surface area (TPSA) is 44.6 Å². The number of rotatable bonds is 7. The second kappa shape index (κ2) is 10.0. The lowest BCUT2D eigenvalue weighted by Gasteiger charge is -2.33. The average molecular weight is 457 g/mol. The van der Waals surface area contributed by atoms with Gasteiger partial charge in [0.2, 0.25) is 0 Å². The minimum atomic E-state index is 0. The quantitative estimate of drug-likeness (QED) is 0.291. The van der Waals surface area contributed by atoms with Gasteiger partial charge in [0, 0.05) is 43.9 Å². The SMILES string of the molecule is CN=C(NCCCn1ccc2ccccc21)NCC(C)(C)N(C)C.I. The van der Waals surface area contributed by atoms with E-state index in [9.17, 15) is 0 Å². The van der Waals surface area contributed by atoms with Crippen molar-refractivity contribution in [2.75, 3.05) is 34.2 Å². The third-order valence-corrected chi connectivity index (χ3v) is 4.67. The van der Waals surface area contributed by atoms with Crippen LogP contribution in [-0.2, 0) is 6.54 Å². The molecule has 0 bridgehead atoms. The van der Waals surface area contributed by atoms with Gasteiger partial charge < -0.3 is 20.1 Å². The Kier molecular flexibility index (Phi) is 8.71. The fraction of sp³-hybridized carbons (Fsp3) is 0.526. The van der Waals surface area contributed by atoms with Gasteiger partial charge >= 0.3 is 0 Å². The van der Waals surface area contributed by atoms with Crippen LogP contribution in [0.5, 0.6) is 0 Å². The molecule has 25 heavy (non-hydrogen) atoms. The Labute approximate surface area is 168 Å². The highest BCUT2D eigenvalue weighted by Crippen LogP contribution is 2.15. The van der Waals surface area contributed by atoms with Crippen molar-refractivity contribution >= 4 is 40.8 Å². The molecule has 140 valence electrons. The molecule has 5 nitrogen and oxygen atoms in total. The molecule has 0 saturated heterocycles. The fourth-order valence-electron chi connectivity index (χ4n) is 2.47. The van der Waals surface area contributed by atoms with E-state index in [1.807, 2.05) is 7.05 Å². The Balaban J connectivity index is 0.00000312. The number of para-hydroxylation sites is 1. The molecule has 1 heterocycles. The zero-order valence-electron chi connectivity index (χ0n) is 16.0. The maximum Gasteiger partial charge on any atom is 0.191 e. The van der Waals surface area contributed by atoms with Crippen molar-refractivity contribution in [3.63, 3.8) is 0 Å². The van der Waals surface area contributed by atoms with Crippen LogP contribution < -0.4 is 10.6 Å². The first-order chi connectivity index (χ1) is 11.4. The molecule has 0 atom stereocenters. The lowest BCUT2D eigenvalue weighted by molar-refractivity contribution is 0.197. The van der Waals surface area contributed by atoms with E-state index in [1.165, 1.54) is 10.9 Å². The molecule has 6 heteroatoms. The maximum atomic E-state index is 4.30. The molecule has 2 rings (SSSR count). The number of hydrogen-bond acceptors (Lipinski definition) is 2. The van der Waals surface area contributed by atoms with Crippen LogP contribution in [0.2, 0.25) is 0 Å². The number of benzene rings is 1. The highest BCUT2D eigenvalue weighted by atomic mass is 127. The van der Waals surface area contributed by atoms with Crippen LogP contribution >= 0.6 is 24.0 Å². The third-order valence-electron chi connectivity index (χ3n) is 4.67. The van der Waals surface area contributed by atoms with Crippen molar-refractivity contribution in [3.8, 4) is 0 Å². The summed E-state index contributed by atoms with van der Waals surface area (Å²) >= 11 is 0. The minimum Gasteiger partial charge on any atom is -0.356 e. The number of halogens is 1. The Morgan fingerprint density at radius 1 is 1.16 bits per heavy atom. The van der Waals surface area contributed by atoms with Gasteiger partial charge in [0.05, 0.1) is 0 Å². The van der Waals surface area contributed by atoms with Gasteiger partial charge in [-0.25, -0.2) is 0 Å². The molecule has 0 unspecified atom stereocenters. The fourth-order valence-corrected chi connectivity index (χ4v) is 2.47. The Bertz CT molecular complexity index is 675. The number of fused-ring (bicyclic) bond motifs is 1. The summed E-state index contributed by atoms with van der Waals surface area (Å²) in [6.07, 6.45) is 3.22. The predicted molar refractivity (Wildman–Crippen MR) is 119 cm³/mol. The molecule has 0 aliphatic heterocycles. The highest BCUT2D eigenvalue weighted by Gasteiger charge is 2.20. The molecule has 0 fully saturated rings. The molecule has 1 aromatic heterocycles. The molecule has 2 N–H and O–H groups in total. The first-order valence-corrected chi connectivity index (χ1v) is 8.60. The van der Waals surface area contributed by atoms with Crippen molar-refractivity contribution in [1.29, 1.82) is 0 Å². The van der Waals surface area contributed by atoms with Gasteiger partial charge in [0.15, 0.2) is 5.96 Å². The number of nitrogens with zero attached hydrogens (tertiary/aromatic N) is 3. The van der Waals surface area contributed by atoms with E-state index >= 15 is 0 Å². The van der Waals surface area contributed by atoms with Gasteiger partial charge in [-0.2, -0.15) is 0 Å². The Morgan fingerprint density at radius 3 is 2.56 bits per heavy atom. The summed E-state index contributed by atoms with van der Waals surface area (Å²) in [6, 6.07) is 10.7. The molecule has 0 spiro atoms. The van der Waals surface area contributed by atoms with E-state index < -0.39 is 0 Å². The Morgan fingerprint density at radius 2 is 1.88 bits per heavy atom. The van der Waals surface area contributed by atoms with Crippen LogP contribution in [0.1, 0.15) is 20.3 Å². The number of hydrogen-bond donors (Lipinski definition) is 2. The zero-order chi connectivity index (χ0) is 17.6. The molecule has 0 radical (unpaired) electrons. The van der Waals surface area contributed by atoms with Gasteiger partial charge in [0.1, 0.15) is 0 Å². The monoisotopic (exact) mass is 457 g/mol. The summed E-state index contributed by atoms with van der Waals surface area (Å²) < 4.78 is 2.31. The van der Waals surface area contributed by atoms with E-state index in [4.69, 9.17) is 0 Å². The number of likely N-dealkylation sites (N-methyl/N-ethyl adjacent to an activating group) is 1. The molecular weight excluding hydrogens is 425 g/mol. The first kappa shape index (κ1) is 21.8. The summed E-state index contributed by atoms with van der Waals surface area (Å²) in [5, 5.41) is 8.10. The number of aliphatic imine (C=N–C) groups is 1. The molecule has 0 aliphatic rings. The van der Waals surface area contributed by atoms with Crippen LogP contribution in [0.4, 0.5) is 0 Å². The standard InChI is InChI=1S/C19H31N5.HI/c1-19(2,23(4)5)15-22-18(20-3)21-12-8-13-24-14-11-16-9-6-7-10-17(16)24;/h6-7,9-11,14H,8,12-13,15H2,1-5H3,(H2,20,21,22);1H. The maximum absolute atomic E-state index is 4.30. The van der Waals surface area contributed by atoms with Crippen LogP contribution in [0, 0.1) is 0 Å². The summed E-state index contributed by atoms with van der Waals surface area (Å²) in [7, 11) is 6.01. The van der Waals surface area contributed by atoms with Crippen LogP contribution in [0.15, 0.2) is 41.5 Å². The number of guanidine groups is 1.